The summed E-state index contributed by atoms with van der Waals surface area (Å²) in [4.78, 5) is 12.6. The van der Waals surface area contributed by atoms with Crippen LogP contribution in [-0.4, -0.2) is 35.3 Å². The molecule has 1 saturated carbocycles. The topological polar surface area (TPSA) is 59.0 Å². The lowest BCUT2D eigenvalue weighted by atomic mass is 9.64. The second-order valence-corrected chi connectivity index (χ2v) is 7.94. The van der Waals surface area contributed by atoms with E-state index in [1.807, 2.05) is 29.1 Å². The van der Waals surface area contributed by atoms with E-state index in [9.17, 15) is 4.79 Å². The fourth-order valence-corrected chi connectivity index (χ4v) is 4.16. The highest BCUT2D eigenvalue weighted by Gasteiger charge is 2.39. The number of nitrogens with zero attached hydrogens (tertiary/aromatic N) is 2. The zero-order chi connectivity index (χ0) is 18.0. The van der Waals surface area contributed by atoms with Gasteiger partial charge in [0.25, 0.3) is 5.91 Å². The van der Waals surface area contributed by atoms with E-state index < -0.39 is 0 Å². The maximum Gasteiger partial charge on any atom is 0.271 e. The number of piperidine rings is 1. The van der Waals surface area contributed by atoms with Crippen LogP contribution in [-0.2, 0) is 5.41 Å². The number of hydrogen-bond acceptors (Lipinski definition) is 3. The van der Waals surface area contributed by atoms with Crippen LogP contribution in [0.15, 0.2) is 36.5 Å². The molecule has 7 heteroatoms. The molecule has 5 nitrogen and oxygen atoms in total. The van der Waals surface area contributed by atoms with Crippen LogP contribution >= 0.6 is 24.0 Å². The van der Waals surface area contributed by atoms with Crippen molar-refractivity contribution in [2.45, 2.75) is 43.6 Å². The average Bonchev–Trinajstić information content (AvgIpc) is 3.13. The summed E-state index contributed by atoms with van der Waals surface area (Å²) in [5, 5.41) is 11.7. The Morgan fingerprint density at radius 1 is 1.26 bits per heavy atom. The molecule has 0 radical (unpaired) electrons. The van der Waals surface area contributed by atoms with Crippen LogP contribution in [0.5, 0.6) is 0 Å². The molecule has 1 aromatic heterocycles. The third-order valence-corrected chi connectivity index (χ3v) is 6.09. The molecule has 1 aliphatic heterocycles. The molecule has 1 amide bonds. The normalized spacial score (nSPS) is 21.0. The van der Waals surface area contributed by atoms with E-state index >= 15 is 0 Å². The quantitative estimate of drug-likeness (QED) is 0.791. The van der Waals surface area contributed by atoms with Crippen LogP contribution in [0.25, 0.3) is 0 Å². The van der Waals surface area contributed by atoms with Crippen molar-refractivity contribution in [1.82, 2.24) is 20.4 Å². The lowest BCUT2D eigenvalue weighted by molar-refractivity contribution is 0.0921. The number of benzene rings is 1. The first-order chi connectivity index (χ1) is 12.7. The van der Waals surface area contributed by atoms with Crippen LogP contribution in [0, 0.1) is 0 Å². The Bertz CT molecular complexity index is 765. The Kier molecular flexibility index (Phi) is 6.45. The van der Waals surface area contributed by atoms with E-state index in [1.54, 1.807) is 0 Å². The van der Waals surface area contributed by atoms with Gasteiger partial charge in [-0.3, -0.25) is 9.48 Å². The largest absolute Gasteiger partial charge is 0.350 e. The summed E-state index contributed by atoms with van der Waals surface area (Å²) in [6.45, 7) is 2.63. The van der Waals surface area contributed by atoms with E-state index in [4.69, 9.17) is 11.6 Å². The average molecular weight is 409 g/mol. The van der Waals surface area contributed by atoms with Gasteiger partial charge in [-0.25, -0.2) is 0 Å². The summed E-state index contributed by atoms with van der Waals surface area (Å²) >= 11 is 6.01. The van der Waals surface area contributed by atoms with Crippen LogP contribution < -0.4 is 10.6 Å². The Balaban J connectivity index is 0.00000210. The highest BCUT2D eigenvalue weighted by molar-refractivity contribution is 6.30. The van der Waals surface area contributed by atoms with E-state index in [1.165, 1.54) is 12.0 Å². The number of aromatic nitrogens is 2. The minimum Gasteiger partial charge on any atom is -0.350 e. The number of amides is 1. The second-order valence-electron chi connectivity index (χ2n) is 7.50. The molecule has 2 aromatic rings. The molecule has 2 heterocycles. The van der Waals surface area contributed by atoms with Crippen molar-refractivity contribution in [3.05, 3.63) is 52.8 Å². The molecule has 1 unspecified atom stereocenters. The Labute approximate surface area is 171 Å². The maximum absolute atomic E-state index is 12.6. The number of carbonyl (C=O) groups is 1. The van der Waals surface area contributed by atoms with Gasteiger partial charge in [0.15, 0.2) is 0 Å². The zero-order valence-electron chi connectivity index (χ0n) is 15.3. The summed E-state index contributed by atoms with van der Waals surface area (Å²) < 4.78 is 1.93. The molecule has 1 atom stereocenters. The highest BCUT2D eigenvalue weighted by atomic mass is 35.5. The molecule has 2 fully saturated rings. The standard InChI is InChI=1S/C20H25ClN4O.ClH/c21-16-6-4-15(5-7-16)20(9-2-10-20)14-23-19(26)18-8-12-25(24-18)17-3-1-11-22-13-17;/h4-8,12,17,22H,1-3,9-11,13-14H2,(H,23,26);1H. The molecule has 27 heavy (non-hydrogen) atoms. The Morgan fingerprint density at radius 3 is 2.67 bits per heavy atom. The van der Waals surface area contributed by atoms with Gasteiger partial charge in [-0.05, 0) is 56.0 Å². The number of halogens is 2. The number of rotatable bonds is 5. The highest BCUT2D eigenvalue weighted by Crippen LogP contribution is 2.43. The van der Waals surface area contributed by atoms with Crippen molar-refractivity contribution < 1.29 is 4.79 Å². The molecule has 0 bridgehead atoms. The first kappa shape index (κ1) is 20.2. The van der Waals surface area contributed by atoms with E-state index in [0.717, 1.165) is 43.8 Å². The predicted molar refractivity (Wildman–Crippen MR) is 110 cm³/mol. The summed E-state index contributed by atoms with van der Waals surface area (Å²) in [6, 6.07) is 10.2. The number of hydrogen-bond donors (Lipinski definition) is 2. The molecule has 4 rings (SSSR count). The van der Waals surface area contributed by atoms with Gasteiger partial charge in [0.2, 0.25) is 0 Å². The van der Waals surface area contributed by atoms with Crippen molar-refractivity contribution in [1.29, 1.82) is 0 Å². The van der Waals surface area contributed by atoms with E-state index in [-0.39, 0.29) is 23.7 Å². The first-order valence-corrected chi connectivity index (χ1v) is 9.84. The minimum absolute atomic E-state index is 0. The summed E-state index contributed by atoms with van der Waals surface area (Å²) in [5.74, 6) is -0.0900. The molecule has 1 aromatic carbocycles. The molecule has 0 spiro atoms. The van der Waals surface area contributed by atoms with Crippen LogP contribution in [0.2, 0.25) is 5.02 Å². The molecule has 2 aliphatic rings. The third-order valence-electron chi connectivity index (χ3n) is 5.84. The van der Waals surface area contributed by atoms with Gasteiger partial charge in [-0.15, -0.1) is 12.4 Å². The fourth-order valence-electron chi connectivity index (χ4n) is 4.04. The van der Waals surface area contributed by atoms with Crippen molar-refractivity contribution in [3.63, 3.8) is 0 Å². The lowest BCUT2D eigenvalue weighted by Crippen LogP contribution is -2.45. The zero-order valence-corrected chi connectivity index (χ0v) is 16.9. The van der Waals surface area contributed by atoms with Crippen LogP contribution in [0.1, 0.15) is 54.2 Å². The van der Waals surface area contributed by atoms with Gasteiger partial charge in [-0.1, -0.05) is 30.2 Å². The first-order valence-electron chi connectivity index (χ1n) is 9.46. The van der Waals surface area contributed by atoms with E-state index in [2.05, 4.69) is 27.9 Å². The van der Waals surface area contributed by atoms with Crippen LogP contribution in [0.4, 0.5) is 0 Å². The van der Waals surface area contributed by atoms with Crippen LogP contribution in [0.3, 0.4) is 0 Å². The van der Waals surface area contributed by atoms with Gasteiger partial charge in [0, 0.05) is 29.7 Å². The minimum atomic E-state index is -0.0900. The van der Waals surface area contributed by atoms with Gasteiger partial charge >= 0.3 is 0 Å². The van der Waals surface area contributed by atoms with Gasteiger partial charge < -0.3 is 10.6 Å². The lowest BCUT2D eigenvalue weighted by Gasteiger charge is -2.42. The monoisotopic (exact) mass is 408 g/mol. The molecular weight excluding hydrogens is 383 g/mol. The van der Waals surface area contributed by atoms with Crippen molar-refractivity contribution in [2.75, 3.05) is 19.6 Å². The van der Waals surface area contributed by atoms with E-state index in [0.29, 0.717) is 18.3 Å². The third kappa shape index (κ3) is 4.31. The number of nitrogens with one attached hydrogen (secondary N) is 2. The smallest absolute Gasteiger partial charge is 0.271 e. The fraction of sp³-hybridized carbons (Fsp3) is 0.500. The summed E-state index contributed by atoms with van der Waals surface area (Å²) in [7, 11) is 0. The van der Waals surface area contributed by atoms with Crippen molar-refractivity contribution >= 4 is 29.9 Å². The summed E-state index contributed by atoms with van der Waals surface area (Å²) in [6.07, 6.45) is 7.56. The number of carbonyl (C=O) groups excluding carboxylic acids is 1. The molecular formula is C20H26Cl2N4O. The molecule has 1 aliphatic carbocycles. The predicted octanol–water partition coefficient (Wildman–Crippen LogP) is 3.73. The Hall–Kier alpha value is -1.56. The van der Waals surface area contributed by atoms with Gasteiger partial charge in [-0.2, -0.15) is 5.10 Å². The maximum atomic E-state index is 12.6. The van der Waals surface area contributed by atoms with Crippen molar-refractivity contribution in [3.8, 4) is 0 Å². The van der Waals surface area contributed by atoms with Crippen molar-refractivity contribution in [2.24, 2.45) is 0 Å². The SMILES string of the molecule is Cl.O=C(NCC1(c2ccc(Cl)cc2)CCC1)c1ccn(C2CCCNC2)n1. The second kappa shape index (κ2) is 8.63. The van der Waals surface area contributed by atoms with Gasteiger partial charge in [0.05, 0.1) is 6.04 Å². The summed E-state index contributed by atoms with van der Waals surface area (Å²) in [5.41, 5.74) is 1.80. The molecule has 2 N–H and O–H groups in total. The molecule has 146 valence electrons. The van der Waals surface area contributed by atoms with Gasteiger partial charge in [0.1, 0.15) is 5.69 Å². The Morgan fingerprint density at radius 2 is 2.04 bits per heavy atom. The molecule has 1 saturated heterocycles.